The van der Waals surface area contributed by atoms with Crippen LogP contribution in [0.25, 0.3) is 0 Å². The highest BCUT2D eigenvalue weighted by molar-refractivity contribution is 5.80. The van der Waals surface area contributed by atoms with Crippen molar-refractivity contribution >= 4 is 17.9 Å². The molecule has 1 rings (SSSR count). The van der Waals surface area contributed by atoms with Gasteiger partial charge < -0.3 is 25.8 Å². The predicted molar refractivity (Wildman–Crippen MR) is 70.0 cm³/mol. The Balaban J connectivity index is 2.34. The van der Waals surface area contributed by atoms with Crippen LogP contribution in [-0.2, 0) is 14.3 Å². The summed E-state index contributed by atoms with van der Waals surface area (Å²) in [6, 6.07) is -0.431. The van der Waals surface area contributed by atoms with Crippen molar-refractivity contribution in [2.75, 3.05) is 26.3 Å². The summed E-state index contributed by atoms with van der Waals surface area (Å²) in [5, 5.41) is 11.5. The molecule has 1 aliphatic carbocycles. The first-order chi connectivity index (χ1) is 9.50. The first-order valence-corrected chi connectivity index (χ1v) is 6.63. The molecule has 0 aliphatic heterocycles. The van der Waals surface area contributed by atoms with Gasteiger partial charge in [0.05, 0.1) is 6.61 Å². The number of hydrogen-bond donors (Lipinski definition) is 3. The Hall–Kier alpha value is -1.83. The van der Waals surface area contributed by atoms with Crippen LogP contribution in [0.15, 0.2) is 0 Å². The second kappa shape index (κ2) is 8.36. The van der Waals surface area contributed by atoms with Gasteiger partial charge in [0.1, 0.15) is 13.2 Å². The molecule has 0 heterocycles. The number of nitrogens with one attached hydrogen (secondary N) is 1. The summed E-state index contributed by atoms with van der Waals surface area (Å²) in [4.78, 5) is 34.6. The molecule has 8 nitrogen and oxygen atoms in total. The molecule has 3 amide bonds. The van der Waals surface area contributed by atoms with E-state index in [0.717, 1.165) is 25.7 Å². The molecule has 114 valence electrons. The predicted octanol–water partition coefficient (Wildman–Crippen LogP) is -0.473. The van der Waals surface area contributed by atoms with Crippen molar-refractivity contribution < 1.29 is 24.2 Å². The number of carbonyl (C=O) groups is 3. The summed E-state index contributed by atoms with van der Waals surface area (Å²) in [7, 11) is 0. The van der Waals surface area contributed by atoms with Gasteiger partial charge in [0.2, 0.25) is 5.91 Å². The highest BCUT2D eigenvalue weighted by atomic mass is 16.5. The fraction of sp³-hybridized carbons (Fsp3) is 0.750. The molecular formula is C12H21N3O5. The number of carboxylic acids is 1. The van der Waals surface area contributed by atoms with Gasteiger partial charge in [-0.2, -0.15) is 0 Å². The van der Waals surface area contributed by atoms with Crippen molar-refractivity contribution in [3.63, 3.8) is 0 Å². The van der Waals surface area contributed by atoms with E-state index in [1.54, 1.807) is 0 Å². The molecule has 0 atom stereocenters. The van der Waals surface area contributed by atoms with Crippen LogP contribution in [0.3, 0.4) is 0 Å². The van der Waals surface area contributed by atoms with E-state index in [2.05, 4.69) is 5.32 Å². The first-order valence-electron chi connectivity index (χ1n) is 6.63. The summed E-state index contributed by atoms with van der Waals surface area (Å²) < 4.78 is 4.91. The Labute approximate surface area is 117 Å². The quantitative estimate of drug-likeness (QED) is 0.521. The molecule has 0 unspecified atom stereocenters. The smallest absolute Gasteiger partial charge is 0.323 e. The number of rotatable bonds is 8. The maximum absolute atomic E-state index is 12.0. The van der Waals surface area contributed by atoms with E-state index in [1.165, 1.54) is 4.90 Å². The molecule has 0 aromatic rings. The van der Waals surface area contributed by atoms with E-state index in [0.29, 0.717) is 0 Å². The Morgan fingerprint density at radius 3 is 2.50 bits per heavy atom. The minimum atomic E-state index is -1.03. The number of nitrogens with zero attached hydrogens (tertiary/aromatic N) is 1. The van der Waals surface area contributed by atoms with Gasteiger partial charge in [0.15, 0.2) is 0 Å². The van der Waals surface area contributed by atoms with Crippen LogP contribution in [0.4, 0.5) is 4.79 Å². The molecule has 0 bridgehead atoms. The number of carboxylic acid groups (broad SMARTS) is 1. The number of amides is 3. The molecule has 8 heteroatoms. The normalized spacial score (nSPS) is 15.0. The third-order valence-corrected chi connectivity index (χ3v) is 3.10. The van der Waals surface area contributed by atoms with Gasteiger partial charge in [-0.3, -0.25) is 9.59 Å². The standard InChI is InChI=1S/C12H21N3O5/c13-10(16)8-20-6-5-14-12(19)15(7-11(17)18)9-3-1-2-4-9/h9H,1-8H2,(H2,13,16)(H,14,19)(H,17,18). The third kappa shape index (κ3) is 5.87. The van der Waals surface area contributed by atoms with Crippen molar-refractivity contribution in [3.8, 4) is 0 Å². The van der Waals surface area contributed by atoms with Crippen molar-refractivity contribution in [2.45, 2.75) is 31.7 Å². The summed E-state index contributed by atoms with van der Waals surface area (Å²) in [5.74, 6) is -1.60. The largest absolute Gasteiger partial charge is 0.480 e. The average Bonchev–Trinajstić information content (AvgIpc) is 2.88. The van der Waals surface area contributed by atoms with Crippen LogP contribution in [0.2, 0.25) is 0 Å². The maximum Gasteiger partial charge on any atom is 0.323 e. The van der Waals surface area contributed by atoms with Gasteiger partial charge >= 0.3 is 12.0 Å². The van der Waals surface area contributed by atoms with E-state index < -0.39 is 17.9 Å². The number of nitrogens with two attached hydrogens (primary N) is 1. The Morgan fingerprint density at radius 1 is 1.30 bits per heavy atom. The van der Waals surface area contributed by atoms with Crippen LogP contribution in [0.1, 0.15) is 25.7 Å². The van der Waals surface area contributed by atoms with Crippen LogP contribution in [-0.4, -0.2) is 60.3 Å². The second-order valence-corrected chi connectivity index (χ2v) is 4.71. The second-order valence-electron chi connectivity index (χ2n) is 4.71. The topological polar surface area (TPSA) is 122 Å². The molecule has 20 heavy (non-hydrogen) atoms. The highest BCUT2D eigenvalue weighted by Crippen LogP contribution is 2.23. The van der Waals surface area contributed by atoms with Gasteiger partial charge in [-0.15, -0.1) is 0 Å². The minimum Gasteiger partial charge on any atom is -0.480 e. The van der Waals surface area contributed by atoms with Gasteiger partial charge in [0.25, 0.3) is 0 Å². The molecule has 1 saturated carbocycles. The lowest BCUT2D eigenvalue weighted by molar-refractivity contribution is -0.138. The summed E-state index contributed by atoms with van der Waals surface area (Å²) in [5.41, 5.74) is 4.90. The average molecular weight is 287 g/mol. The first kappa shape index (κ1) is 16.2. The van der Waals surface area contributed by atoms with Crippen LogP contribution in [0, 0.1) is 0 Å². The monoisotopic (exact) mass is 287 g/mol. The van der Waals surface area contributed by atoms with E-state index in [9.17, 15) is 14.4 Å². The molecule has 0 saturated heterocycles. The van der Waals surface area contributed by atoms with Gasteiger partial charge in [-0.25, -0.2) is 4.79 Å². The lowest BCUT2D eigenvalue weighted by atomic mass is 10.2. The Bertz CT molecular complexity index is 355. The fourth-order valence-electron chi connectivity index (χ4n) is 2.23. The Kier molecular flexibility index (Phi) is 6.78. The van der Waals surface area contributed by atoms with Crippen molar-refractivity contribution in [1.82, 2.24) is 10.2 Å². The molecule has 0 aromatic heterocycles. The summed E-state index contributed by atoms with van der Waals surface area (Å²) in [6.45, 7) is -0.148. The SMILES string of the molecule is NC(=O)COCCNC(=O)N(CC(=O)O)C1CCCC1. The number of carbonyl (C=O) groups excluding carboxylic acids is 2. The van der Waals surface area contributed by atoms with E-state index >= 15 is 0 Å². The molecule has 1 aliphatic rings. The zero-order chi connectivity index (χ0) is 15.0. The lowest BCUT2D eigenvalue weighted by Gasteiger charge is -2.27. The van der Waals surface area contributed by atoms with Crippen molar-refractivity contribution in [3.05, 3.63) is 0 Å². The third-order valence-electron chi connectivity index (χ3n) is 3.10. The van der Waals surface area contributed by atoms with Gasteiger partial charge in [-0.1, -0.05) is 12.8 Å². The fourth-order valence-corrected chi connectivity index (χ4v) is 2.23. The lowest BCUT2D eigenvalue weighted by Crippen LogP contribution is -2.48. The van der Waals surface area contributed by atoms with Crippen molar-refractivity contribution in [1.29, 1.82) is 0 Å². The Morgan fingerprint density at radius 2 is 1.95 bits per heavy atom. The number of ether oxygens (including phenoxy) is 1. The number of urea groups is 1. The summed E-state index contributed by atoms with van der Waals surface area (Å²) in [6.07, 6.45) is 3.68. The molecule has 0 spiro atoms. The number of primary amides is 1. The molecule has 4 N–H and O–H groups in total. The maximum atomic E-state index is 12.0. The van der Waals surface area contributed by atoms with Crippen LogP contribution >= 0.6 is 0 Å². The van der Waals surface area contributed by atoms with Crippen LogP contribution in [0.5, 0.6) is 0 Å². The molecule has 0 radical (unpaired) electrons. The van der Waals surface area contributed by atoms with Gasteiger partial charge in [-0.05, 0) is 12.8 Å². The minimum absolute atomic E-state index is 0.0161. The molecule has 1 fully saturated rings. The van der Waals surface area contributed by atoms with Crippen molar-refractivity contribution in [2.24, 2.45) is 5.73 Å². The molecular weight excluding hydrogens is 266 g/mol. The highest BCUT2D eigenvalue weighted by Gasteiger charge is 2.28. The van der Waals surface area contributed by atoms with Gasteiger partial charge in [0, 0.05) is 12.6 Å². The molecule has 0 aromatic carbocycles. The van der Waals surface area contributed by atoms with Crippen LogP contribution < -0.4 is 11.1 Å². The van der Waals surface area contributed by atoms with E-state index in [-0.39, 0.29) is 32.3 Å². The van der Waals surface area contributed by atoms with E-state index in [4.69, 9.17) is 15.6 Å². The van der Waals surface area contributed by atoms with E-state index in [1.807, 2.05) is 0 Å². The summed E-state index contributed by atoms with van der Waals surface area (Å²) >= 11 is 0. The number of aliphatic carboxylic acids is 1. The zero-order valence-corrected chi connectivity index (χ0v) is 11.3. The number of hydrogen-bond acceptors (Lipinski definition) is 4. The zero-order valence-electron chi connectivity index (χ0n) is 11.3.